The molecular formula is C13H11N5O4. The van der Waals surface area contributed by atoms with Crippen LogP contribution in [-0.4, -0.2) is 51.1 Å². The maximum atomic E-state index is 12.1. The van der Waals surface area contributed by atoms with Crippen LogP contribution in [0, 0.1) is 0 Å². The van der Waals surface area contributed by atoms with Crippen LogP contribution in [-0.2, 0) is 9.53 Å². The van der Waals surface area contributed by atoms with Crippen molar-refractivity contribution >= 4 is 22.7 Å². The first-order chi connectivity index (χ1) is 10.7. The van der Waals surface area contributed by atoms with Gasteiger partial charge in [0.1, 0.15) is 17.8 Å². The number of carbonyl (C=O) groups excluding carboxylic acids is 2. The Bertz CT molecular complexity index is 853. The number of hydrogen-bond donors (Lipinski definition) is 2. The van der Waals surface area contributed by atoms with Crippen molar-refractivity contribution in [2.45, 2.75) is 0 Å². The van der Waals surface area contributed by atoms with Crippen LogP contribution in [0.25, 0.3) is 22.4 Å². The molecule has 0 fully saturated rings. The summed E-state index contributed by atoms with van der Waals surface area (Å²) in [6, 6.07) is 0. The Balaban J connectivity index is 2.27. The molecule has 0 radical (unpaired) electrons. The molecule has 0 unspecified atom stereocenters. The topological polar surface area (TPSA) is 123 Å². The van der Waals surface area contributed by atoms with Gasteiger partial charge in [0.15, 0.2) is 0 Å². The van der Waals surface area contributed by atoms with E-state index in [1.165, 1.54) is 25.8 Å². The van der Waals surface area contributed by atoms with Crippen molar-refractivity contribution in [2.75, 3.05) is 14.2 Å². The Labute approximate surface area is 123 Å². The zero-order valence-electron chi connectivity index (χ0n) is 11.7. The van der Waals surface area contributed by atoms with Crippen molar-refractivity contribution in [3.05, 3.63) is 24.3 Å². The predicted octanol–water partition coefficient (Wildman–Crippen LogP) is 0.712. The molecule has 3 rings (SSSR count). The standard InChI is InChI=1S/C13H11N5O4/c1-21-7-4-15-10(12-16-5-17-18-12)9-8(7)6(3-14-9)11(19)13(20)22-2/h3-5,14H,1-2H3,(H,16,17,18). The Morgan fingerprint density at radius 1 is 1.23 bits per heavy atom. The van der Waals surface area contributed by atoms with E-state index in [0.29, 0.717) is 28.2 Å². The molecule has 112 valence electrons. The molecule has 0 saturated heterocycles. The minimum Gasteiger partial charge on any atom is -0.494 e. The Kier molecular flexibility index (Phi) is 3.30. The molecule has 0 spiro atoms. The zero-order chi connectivity index (χ0) is 15.7. The number of methoxy groups -OCH3 is 2. The van der Waals surface area contributed by atoms with Crippen LogP contribution in [0.4, 0.5) is 0 Å². The Morgan fingerprint density at radius 3 is 2.68 bits per heavy atom. The fraction of sp³-hybridized carbons (Fsp3) is 0.154. The third-order valence-electron chi connectivity index (χ3n) is 3.14. The number of fused-ring (bicyclic) bond motifs is 1. The zero-order valence-corrected chi connectivity index (χ0v) is 11.7. The average molecular weight is 301 g/mol. The predicted molar refractivity (Wildman–Crippen MR) is 74.4 cm³/mol. The summed E-state index contributed by atoms with van der Waals surface area (Å²) in [7, 11) is 2.59. The maximum absolute atomic E-state index is 12.1. The number of H-pyrrole nitrogens is 2. The first-order valence-electron chi connectivity index (χ1n) is 6.20. The van der Waals surface area contributed by atoms with Crippen LogP contribution in [0.5, 0.6) is 5.75 Å². The third kappa shape index (κ3) is 1.99. The molecule has 9 heteroatoms. The molecule has 22 heavy (non-hydrogen) atoms. The lowest BCUT2D eigenvalue weighted by atomic mass is 10.1. The van der Waals surface area contributed by atoms with E-state index in [0.717, 1.165) is 7.11 Å². The highest BCUT2D eigenvalue weighted by molar-refractivity contribution is 6.43. The van der Waals surface area contributed by atoms with Gasteiger partial charge in [-0.1, -0.05) is 0 Å². The summed E-state index contributed by atoms with van der Waals surface area (Å²) in [6.07, 6.45) is 4.26. The molecule has 3 aromatic rings. The highest BCUT2D eigenvalue weighted by Crippen LogP contribution is 2.33. The van der Waals surface area contributed by atoms with Crippen molar-refractivity contribution in [3.8, 4) is 17.3 Å². The molecule has 0 aliphatic rings. The molecule has 0 atom stereocenters. The molecule has 0 bridgehead atoms. The Hall–Kier alpha value is -3.23. The van der Waals surface area contributed by atoms with Gasteiger partial charge in [-0.15, -0.1) is 0 Å². The molecule has 0 saturated carbocycles. The van der Waals surface area contributed by atoms with Crippen LogP contribution >= 0.6 is 0 Å². The van der Waals surface area contributed by atoms with E-state index in [4.69, 9.17) is 4.74 Å². The second kappa shape index (κ2) is 5.28. The quantitative estimate of drug-likeness (QED) is 0.413. The van der Waals surface area contributed by atoms with Gasteiger partial charge < -0.3 is 14.5 Å². The molecule has 3 heterocycles. The van der Waals surface area contributed by atoms with Crippen LogP contribution in [0.2, 0.25) is 0 Å². The fourth-order valence-electron chi connectivity index (χ4n) is 2.15. The van der Waals surface area contributed by atoms with Gasteiger partial charge in [-0.25, -0.2) is 14.8 Å². The third-order valence-corrected chi connectivity index (χ3v) is 3.14. The summed E-state index contributed by atoms with van der Waals surface area (Å²) < 4.78 is 9.70. The van der Waals surface area contributed by atoms with Gasteiger partial charge in [-0.3, -0.25) is 9.89 Å². The van der Waals surface area contributed by atoms with Crippen LogP contribution < -0.4 is 4.74 Å². The van der Waals surface area contributed by atoms with Crippen LogP contribution in [0.1, 0.15) is 10.4 Å². The molecule has 3 aromatic heterocycles. The number of nitrogens with one attached hydrogen (secondary N) is 2. The number of carbonyl (C=O) groups is 2. The number of Topliss-reactive ketones (excluding diaryl/α,β-unsaturated/α-hetero) is 1. The van der Waals surface area contributed by atoms with E-state index in [1.807, 2.05) is 0 Å². The lowest BCUT2D eigenvalue weighted by molar-refractivity contribution is -0.135. The number of nitrogens with zero attached hydrogens (tertiary/aromatic N) is 3. The second-order valence-electron chi connectivity index (χ2n) is 4.27. The fourth-order valence-corrected chi connectivity index (χ4v) is 2.15. The van der Waals surface area contributed by atoms with Gasteiger partial charge in [0.25, 0.3) is 5.78 Å². The number of ether oxygens (including phenoxy) is 2. The monoisotopic (exact) mass is 301 g/mol. The van der Waals surface area contributed by atoms with Crippen LogP contribution in [0.15, 0.2) is 18.7 Å². The van der Waals surface area contributed by atoms with E-state index < -0.39 is 11.8 Å². The molecule has 0 aliphatic heterocycles. The van der Waals surface area contributed by atoms with Crippen molar-refractivity contribution in [3.63, 3.8) is 0 Å². The molecule has 0 aliphatic carbocycles. The minimum atomic E-state index is -0.959. The van der Waals surface area contributed by atoms with Gasteiger partial charge in [-0.2, -0.15) is 5.10 Å². The number of hydrogen-bond acceptors (Lipinski definition) is 7. The van der Waals surface area contributed by atoms with Gasteiger partial charge in [0.2, 0.25) is 5.82 Å². The van der Waals surface area contributed by atoms with Crippen molar-refractivity contribution in [1.29, 1.82) is 0 Å². The van der Waals surface area contributed by atoms with Gasteiger partial charge in [0.05, 0.1) is 36.9 Å². The van der Waals surface area contributed by atoms with E-state index in [9.17, 15) is 9.59 Å². The highest BCUT2D eigenvalue weighted by atomic mass is 16.5. The number of esters is 1. The summed E-state index contributed by atoms with van der Waals surface area (Å²) in [5.74, 6) is -1.03. The minimum absolute atomic E-state index is 0.137. The maximum Gasteiger partial charge on any atom is 0.379 e. The SMILES string of the molecule is COC(=O)C(=O)c1c[nH]c2c(-c3nc[nH]n3)ncc(OC)c12. The number of pyridine rings is 1. The van der Waals surface area contributed by atoms with Crippen molar-refractivity contribution in [1.82, 2.24) is 25.1 Å². The molecule has 0 amide bonds. The largest absolute Gasteiger partial charge is 0.494 e. The normalized spacial score (nSPS) is 10.6. The average Bonchev–Trinajstić information content (AvgIpc) is 3.22. The summed E-state index contributed by atoms with van der Waals surface area (Å²) in [5, 5.41) is 6.98. The molecule has 9 nitrogen and oxygen atoms in total. The number of ketones is 1. The highest BCUT2D eigenvalue weighted by Gasteiger charge is 2.25. The van der Waals surface area contributed by atoms with E-state index >= 15 is 0 Å². The van der Waals surface area contributed by atoms with Gasteiger partial charge >= 0.3 is 5.97 Å². The lowest BCUT2D eigenvalue weighted by Crippen LogP contribution is -2.15. The summed E-state index contributed by atoms with van der Waals surface area (Å²) >= 11 is 0. The first-order valence-corrected chi connectivity index (χ1v) is 6.20. The number of aromatic amines is 2. The van der Waals surface area contributed by atoms with Crippen molar-refractivity contribution < 1.29 is 19.1 Å². The molecule has 2 N–H and O–H groups in total. The summed E-state index contributed by atoms with van der Waals surface area (Å²) in [4.78, 5) is 34.8. The smallest absolute Gasteiger partial charge is 0.379 e. The van der Waals surface area contributed by atoms with E-state index in [1.54, 1.807) is 0 Å². The summed E-state index contributed by atoms with van der Waals surface area (Å²) in [5.41, 5.74) is 1.06. The van der Waals surface area contributed by atoms with Crippen LogP contribution in [0.3, 0.4) is 0 Å². The number of aromatic nitrogens is 5. The van der Waals surface area contributed by atoms with E-state index in [2.05, 4.69) is 29.9 Å². The lowest BCUT2D eigenvalue weighted by Gasteiger charge is -2.05. The summed E-state index contributed by atoms with van der Waals surface area (Å²) in [6.45, 7) is 0. The van der Waals surface area contributed by atoms with Gasteiger partial charge in [-0.05, 0) is 0 Å². The first kappa shape index (κ1) is 13.7. The molecular weight excluding hydrogens is 290 g/mol. The van der Waals surface area contributed by atoms with Crippen molar-refractivity contribution in [2.24, 2.45) is 0 Å². The Morgan fingerprint density at radius 2 is 2.05 bits per heavy atom. The van der Waals surface area contributed by atoms with E-state index in [-0.39, 0.29) is 5.56 Å². The van der Waals surface area contributed by atoms with Gasteiger partial charge in [0, 0.05) is 6.20 Å². The molecule has 0 aromatic carbocycles. The number of rotatable bonds is 4. The second-order valence-corrected chi connectivity index (χ2v) is 4.27.